The Hall–Kier alpha value is -1.68. The summed E-state index contributed by atoms with van der Waals surface area (Å²) >= 11 is 1.84. The molecule has 0 bridgehead atoms. The fourth-order valence-corrected chi connectivity index (χ4v) is 4.44. The number of pyridine rings is 1. The number of rotatable bonds is 6. The lowest BCUT2D eigenvalue weighted by Crippen LogP contribution is -2.36. The first-order valence-corrected chi connectivity index (χ1v) is 11.3. The number of ether oxygens (including phenoxy) is 1. The first kappa shape index (κ1) is 22.0. The highest BCUT2D eigenvalue weighted by atomic mass is 32.2. The number of nitrogens with one attached hydrogen (secondary N) is 2. The van der Waals surface area contributed by atoms with Gasteiger partial charge in [-0.05, 0) is 31.7 Å². The van der Waals surface area contributed by atoms with Gasteiger partial charge in [0.1, 0.15) is 5.65 Å². The smallest absolute Gasteiger partial charge is 0.249 e. The maximum Gasteiger partial charge on any atom is 0.249 e. The second-order valence-electron chi connectivity index (χ2n) is 7.43. The van der Waals surface area contributed by atoms with Gasteiger partial charge in [0.05, 0.1) is 12.7 Å². The fourth-order valence-electron chi connectivity index (χ4n) is 3.47. The SMILES string of the molecule is COCCSN1CCC(Nc2ncc3ccc(=O)[nH]c3n2)CC1.OC1CCCC1. The van der Waals surface area contributed by atoms with E-state index in [1.165, 1.54) is 18.9 Å². The minimum atomic E-state index is -0.149. The van der Waals surface area contributed by atoms with Crippen LogP contribution in [0.1, 0.15) is 38.5 Å². The molecule has 160 valence electrons. The number of piperidine rings is 1. The average molecular weight is 422 g/mol. The topological polar surface area (TPSA) is 103 Å². The van der Waals surface area contributed by atoms with Gasteiger partial charge in [0.25, 0.3) is 0 Å². The third kappa shape index (κ3) is 7.26. The molecule has 8 nitrogen and oxygen atoms in total. The van der Waals surface area contributed by atoms with Gasteiger partial charge in [0, 0.05) is 49.6 Å². The molecule has 0 atom stereocenters. The van der Waals surface area contributed by atoms with Gasteiger partial charge in [-0.25, -0.2) is 4.98 Å². The molecule has 1 saturated carbocycles. The molecule has 4 rings (SSSR count). The molecular formula is C20H31N5O3S. The van der Waals surface area contributed by atoms with Crippen molar-refractivity contribution in [2.75, 3.05) is 37.9 Å². The Labute approximate surface area is 175 Å². The number of hydrogen-bond donors (Lipinski definition) is 3. The summed E-state index contributed by atoms with van der Waals surface area (Å²) in [5, 5.41) is 12.9. The molecule has 0 aromatic carbocycles. The molecule has 9 heteroatoms. The molecule has 1 aliphatic carbocycles. The van der Waals surface area contributed by atoms with Crippen LogP contribution in [-0.4, -0.2) is 69.1 Å². The molecule has 1 aliphatic heterocycles. The van der Waals surface area contributed by atoms with E-state index >= 15 is 0 Å². The Balaban J connectivity index is 0.000000343. The predicted octanol–water partition coefficient (Wildman–Crippen LogP) is 2.41. The lowest BCUT2D eigenvalue weighted by atomic mass is 10.1. The van der Waals surface area contributed by atoms with Crippen molar-refractivity contribution >= 4 is 28.9 Å². The molecule has 0 radical (unpaired) electrons. The molecule has 2 fully saturated rings. The van der Waals surface area contributed by atoms with Crippen LogP contribution in [-0.2, 0) is 4.74 Å². The molecular weight excluding hydrogens is 390 g/mol. The van der Waals surface area contributed by atoms with Crippen molar-refractivity contribution < 1.29 is 9.84 Å². The Kier molecular flexibility index (Phi) is 8.72. The van der Waals surface area contributed by atoms with Crippen LogP contribution in [0.2, 0.25) is 0 Å². The highest BCUT2D eigenvalue weighted by molar-refractivity contribution is 7.97. The summed E-state index contributed by atoms with van der Waals surface area (Å²) in [5.74, 6) is 1.57. The molecule has 2 aliphatic rings. The van der Waals surface area contributed by atoms with Gasteiger partial charge >= 0.3 is 0 Å². The minimum Gasteiger partial charge on any atom is -0.393 e. The van der Waals surface area contributed by atoms with Gasteiger partial charge in [-0.3, -0.25) is 9.10 Å². The highest BCUT2D eigenvalue weighted by Crippen LogP contribution is 2.20. The number of aromatic nitrogens is 3. The Bertz CT molecular complexity index is 804. The van der Waals surface area contributed by atoms with Crippen LogP contribution in [0.4, 0.5) is 5.95 Å². The second kappa shape index (κ2) is 11.5. The van der Waals surface area contributed by atoms with E-state index < -0.39 is 0 Å². The Morgan fingerprint density at radius 1 is 1.28 bits per heavy atom. The number of anilines is 1. The van der Waals surface area contributed by atoms with Crippen molar-refractivity contribution in [2.24, 2.45) is 0 Å². The molecule has 2 aromatic heterocycles. The van der Waals surface area contributed by atoms with Gasteiger partial charge in [-0.15, -0.1) is 0 Å². The maximum absolute atomic E-state index is 11.4. The largest absolute Gasteiger partial charge is 0.393 e. The van der Waals surface area contributed by atoms with Crippen LogP contribution in [0.3, 0.4) is 0 Å². The van der Waals surface area contributed by atoms with Crippen molar-refractivity contribution in [1.82, 2.24) is 19.3 Å². The van der Waals surface area contributed by atoms with Crippen LogP contribution in [0, 0.1) is 0 Å². The summed E-state index contributed by atoms with van der Waals surface area (Å²) < 4.78 is 7.46. The van der Waals surface area contributed by atoms with E-state index in [1.54, 1.807) is 19.4 Å². The summed E-state index contributed by atoms with van der Waals surface area (Å²) in [6, 6.07) is 3.57. The fraction of sp³-hybridized carbons (Fsp3) is 0.650. The van der Waals surface area contributed by atoms with Crippen LogP contribution >= 0.6 is 11.9 Å². The third-order valence-corrected chi connectivity index (χ3v) is 6.23. The molecule has 2 aromatic rings. The van der Waals surface area contributed by atoms with E-state index in [2.05, 4.69) is 24.6 Å². The molecule has 3 N–H and O–H groups in total. The first-order valence-electron chi connectivity index (χ1n) is 10.3. The predicted molar refractivity (Wildman–Crippen MR) is 117 cm³/mol. The second-order valence-corrected chi connectivity index (χ2v) is 8.61. The monoisotopic (exact) mass is 421 g/mol. The average Bonchev–Trinajstić information content (AvgIpc) is 3.21. The zero-order valence-electron chi connectivity index (χ0n) is 17.0. The normalized spacial score (nSPS) is 18.6. The number of fused-ring (bicyclic) bond motifs is 1. The van der Waals surface area contributed by atoms with Gasteiger partial charge < -0.3 is 20.1 Å². The molecule has 0 unspecified atom stereocenters. The van der Waals surface area contributed by atoms with Crippen LogP contribution in [0.5, 0.6) is 0 Å². The lowest BCUT2D eigenvalue weighted by Gasteiger charge is -2.31. The van der Waals surface area contributed by atoms with Gasteiger partial charge in [-0.2, -0.15) is 4.98 Å². The van der Waals surface area contributed by atoms with Crippen LogP contribution < -0.4 is 10.9 Å². The van der Waals surface area contributed by atoms with Gasteiger partial charge in [0.2, 0.25) is 11.5 Å². The number of nitrogens with zero attached hydrogens (tertiary/aromatic N) is 3. The number of methoxy groups -OCH3 is 1. The van der Waals surface area contributed by atoms with E-state index in [0.717, 1.165) is 56.5 Å². The van der Waals surface area contributed by atoms with E-state index in [-0.39, 0.29) is 11.7 Å². The molecule has 1 saturated heterocycles. The number of hydrogen-bond acceptors (Lipinski definition) is 8. The number of aliphatic hydroxyl groups is 1. The van der Waals surface area contributed by atoms with Crippen molar-refractivity contribution in [3.63, 3.8) is 0 Å². The van der Waals surface area contributed by atoms with Crippen LogP contribution in [0.15, 0.2) is 23.1 Å². The maximum atomic E-state index is 11.4. The quantitative estimate of drug-likeness (QED) is 0.483. The Morgan fingerprint density at radius 2 is 2.03 bits per heavy atom. The van der Waals surface area contributed by atoms with Crippen molar-refractivity contribution in [3.05, 3.63) is 28.7 Å². The zero-order chi connectivity index (χ0) is 20.5. The summed E-state index contributed by atoms with van der Waals surface area (Å²) in [6.45, 7) is 2.86. The summed E-state index contributed by atoms with van der Waals surface area (Å²) in [6.07, 6.45) is 8.43. The molecule has 0 amide bonds. The van der Waals surface area contributed by atoms with Crippen molar-refractivity contribution in [3.8, 4) is 0 Å². The Morgan fingerprint density at radius 3 is 2.69 bits per heavy atom. The van der Waals surface area contributed by atoms with Crippen LogP contribution in [0.25, 0.3) is 11.0 Å². The molecule has 29 heavy (non-hydrogen) atoms. The summed E-state index contributed by atoms with van der Waals surface area (Å²) in [7, 11) is 1.73. The summed E-state index contributed by atoms with van der Waals surface area (Å²) in [4.78, 5) is 22.8. The van der Waals surface area contributed by atoms with E-state index in [1.807, 2.05) is 11.9 Å². The number of aromatic amines is 1. The van der Waals surface area contributed by atoms with Gasteiger partial charge in [0.15, 0.2) is 0 Å². The number of aliphatic hydroxyl groups excluding tert-OH is 1. The number of H-pyrrole nitrogens is 1. The van der Waals surface area contributed by atoms with Crippen molar-refractivity contribution in [1.29, 1.82) is 0 Å². The van der Waals surface area contributed by atoms with E-state index in [4.69, 9.17) is 9.84 Å². The van der Waals surface area contributed by atoms with E-state index in [0.29, 0.717) is 17.6 Å². The lowest BCUT2D eigenvalue weighted by molar-refractivity contribution is 0.183. The third-order valence-electron chi connectivity index (χ3n) is 5.15. The highest BCUT2D eigenvalue weighted by Gasteiger charge is 2.20. The van der Waals surface area contributed by atoms with Gasteiger partial charge in [-0.1, -0.05) is 24.8 Å². The first-order chi connectivity index (χ1) is 14.1. The molecule has 0 spiro atoms. The van der Waals surface area contributed by atoms with Crippen molar-refractivity contribution in [2.45, 2.75) is 50.7 Å². The minimum absolute atomic E-state index is 0.0463. The zero-order valence-corrected chi connectivity index (χ0v) is 17.8. The summed E-state index contributed by atoms with van der Waals surface area (Å²) in [5.41, 5.74) is 0.422. The molecule has 3 heterocycles. The van der Waals surface area contributed by atoms with E-state index in [9.17, 15) is 4.79 Å². The standard InChI is InChI=1S/C15H21N5O2S.C5H10O/c1-22-8-9-23-20-6-4-12(5-7-20)17-15-16-10-11-2-3-13(21)18-14(11)19-15;6-5-3-1-2-4-5/h2-3,10,12H,4-9H2,1H3,(H2,16,17,18,19,21);5-6H,1-4H2.